The largest absolute Gasteiger partial charge is 0.489 e. The van der Waals surface area contributed by atoms with Crippen LogP contribution in [0, 0.1) is 5.92 Å². The summed E-state index contributed by atoms with van der Waals surface area (Å²) in [5, 5.41) is 0. The fourth-order valence-corrected chi connectivity index (χ4v) is 4.28. The molecule has 0 bridgehead atoms. The molecule has 0 radical (unpaired) electrons. The van der Waals surface area contributed by atoms with Crippen molar-refractivity contribution in [2.75, 3.05) is 6.54 Å². The van der Waals surface area contributed by atoms with Crippen LogP contribution in [0.5, 0.6) is 5.75 Å². The highest BCUT2D eigenvalue weighted by Crippen LogP contribution is 2.33. The van der Waals surface area contributed by atoms with Crippen LogP contribution in [-0.2, 0) is 10.0 Å². The van der Waals surface area contributed by atoms with Crippen LogP contribution in [0.15, 0.2) is 29.2 Å². The third-order valence-corrected chi connectivity index (χ3v) is 5.77. The van der Waals surface area contributed by atoms with Crippen molar-refractivity contribution in [1.29, 1.82) is 0 Å². The summed E-state index contributed by atoms with van der Waals surface area (Å²) in [4.78, 5) is 0.236. The first-order valence-corrected chi connectivity index (χ1v) is 9.06. The number of nitrogens with one attached hydrogen (secondary N) is 1. The zero-order chi connectivity index (χ0) is 14.9. The average molecular weight is 310 g/mol. The van der Waals surface area contributed by atoms with Crippen LogP contribution in [-0.4, -0.2) is 27.1 Å². The molecule has 6 heteroatoms. The molecule has 2 atom stereocenters. The predicted octanol–water partition coefficient (Wildman–Crippen LogP) is 1.63. The molecule has 0 aromatic heterocycles. The van der Waals surface area contributed by atoms with Gasteiger partial charge in [0.15, 0.2) is 0 Å². The van der Waals surface area contributed by atoms with Gasteiger partial charge in [0.1, 0.15) is 16.7 Å². The van der Waals surface area contributed by atoms with Crippen molar-refractivity contribution in [1.82, 2.24) is 4.72 Å². The van der Waals surface area contributed by atoms with Crippen LogP contribution in [0.25, 0.3) is 0 Å². The lowest BCUT2D eigenvalue weighted by Crippen LogP contribution is -2.30. The summed E-state index contributed by atoms with van der Waals surface area (Å²) < 4.78 is 33.5. The Balaban J connectivity index is 1.82. The standard InChI is InChI=1S/C15H22N2O3S/c16-10-11-4-3-6-13(11)20-14-5-1-2-7-15(14)21(18,19)17-12-8-9-12/h1-2,5,7,11-13,17H,3-4,6,8-10,16H2. The summed E-state index contributed by atoms with van der Waals surface area (Å²) in [6, 6.07) is 6.95. The van der Waals surface area contributed by atoms with E-state index in [2.05, 4.69) is 4.72 Å². The van der Waals surface area contributed by atoms with E-state index in [1.165, 1.54) is 0 Å². The van der Waals surface area contributed by atoms with Gasteiger partial charge in [0.25, 0.3) is 0 Å². The molecule has 21 heavy (non-hydrogen) atoms. The quantitative estimate of drug-likeness (QED) is 0.837. The molecule has 0 amide bonds. The Labute approximate surface area is 125 Å². The first-order valence-electron chi connectivity index (χ1n) is 7.58. The minimum Gasteiger partial charge on any atom is -0.489 e. The highest BCUT2D eigenvalue weighted by atomic mass is 32.2. The van der Waals surface area contributed by atoms with E-state index in [0.29, 0.717) is 18.2 Å². The van der Waals surface area contributed by atoms with Gasteiger partial charge in [0.05, 0.1) is 0 Å². The SMILES string of the molecule is NCC1CCCC1Oc1ccccc1S(=O)(=O)NC1CC1. The van der Waals surface area contributed by atoms with Gasteiger partial charge in [-0.2, -0.15) is 0 Å². The number of sulfonamides is 1. The molecule has 0 aliphatic heterocycles. The van der Waals surface area contributed by atoms with E-state index < -0.39 is 10.0 Å². The number of ether oxygens (including phenoxy) is 1. The maximum Gasteiger partial charge on any atom is 0.244 e. The third kappa shape index (κ3) is 3.39. The average Bonchev–Trinajstić information content (AvgIpc) is 3.15. The van der Waals surface area contributed by atoms with Crippen LogP contribution in [0.4, 0.5) is 0 Å². The van der Waals surface area contributed by atoms with Gasteiger partial charge in [-0.05, 0) is 50.8 Å². The van der Waals surface area contributed by atoms with Crippen LogP contribution in [0.3, 0.4) is 0 Å². The second-order valence-electron chi connectivity index (χ2n) is 5.93. The Morgan fingerprint density at radius 3 is 2.67 bits per heavy atom. The molecule has 0 spiro atoms. The molecule has 2 aliphatic rings. The molecule has 2 aliphatic carbocycles. The first kappa shape index (κ1) is 14.8. The highest BCUT2D eigenvalue weighted by Gasteiger charge is 2.32. The topological polar surface area (TPSA) is 81.4 Å². The summed E-state index contributed by atoms with van der Waals surface area (Å²) in [6.45, 7) is 0.583. The molecule has 2 saturated carbocycles. The van der Waals surface area contributed by atoms with E-state index in [1.807, 2.05) is 0 Å². The van der Waals surface area contributed by atoms with Crippen molar-refractivity contribution >= 4 is 10.0 Å². The second-order valence-corrected chi connectivity index (χ2v) is 7.61. The van der Waals surface area contributed by atoms with Crippen molar-refractivity contribution in [3.63, 3.8) is 0 Å². The molecule has 2 fully saturated rings. The molecule has 5 nitrogen and oxygen atoms in total. The summed E-state index contributed by atoms with van der Waals surface area (Å²) >= 11 is 0. The van der Waals surface area contributed by atoms with Gasteiger partial charge in [-0.1, -0.05) is 12.1 Å². The lowest BCUT2D eigenvalue weighted by molar-refractivity contribution is 0.158. The molecular weight excluding hydrogens is 288 g/mol. The summed E-state index contributed by atoms with van der Waals surface area (Å²) in [5.74, 6) is 0.758. The molecule has 1 aromatic carbocycles. The van der Waals surface area contributed by atoms with Gasteiger partial charge in [0, 0.05) is 12.0 Å². The summed E-state index contributed by atoms with van der Waals surface area (Å²) in [6.07, 6.45) is 4.93. The minimum absolute atomic E-state index is 0.0206. The van der Waals surface area contributed by atoms with Gasteiger partial charge in [0.2, 0.25) is 10.0 Å². The normalized spacial score (nSPS) is 26.0. The smallest absolute Gasteiger partial charge is 0.244 e. The van der Waals surface area contributed by atoms with Crippen LogP contribution >= 0.6 is 0 Å². The van der Waals surface area contributed by atoms with E-state index in [1.54, 1.807) is 24.3 Å². The summed E-state index contributed by atoms with van der Waals surface area (Å²) in [7, 11) is -3.50. The van der Waals surface area contributed by atoms with Crippen molar-refractivity contribution < 1.29 is 13.2 Å². The highest BCUT2D eigenvalue weighted by molar-refractivity contribution is 7.89. The molecule has 116 valence electrons. The van der Waals surface area contributed by atoms with Crippen LogP contribution in [0.2, 0.25) is 0 Å². The zero-order valence-electron chi connectivity index (χ0n) is 12.0. The van der Waals surface area contributed by atoms with Crippen molar-refractivity contribution in [3.05, 3.63) is 24.3 Å². The number of hydrogen-bond donors (Lipinski definition) is 2. The van der Waals surface area contributed by atoms with Gasteiger partial charge in [-0.3, -0.25) is 0 Å². The van der Waals surface area contributed by atoms with E-state index in [4.69, 9.17) is 10.5 Å². The fourth-order valence-electron chi connectivity index (χ4n) is 2.84. The number of para-hydroxylation sites is 1. The Kier molecular flexibility index (Phi) is 4.19. The molecule has 1 aromatic rings. The molecule has 0 saturated heterocycles. The van der Waals surface area contributed by atoms with Crippen molar-refractivity contribution in [3.8, 4) is 5.75 Å². The number of benzene rings is 1. The maximum absolute atomic E-state index is 12.4. The van der Waals surface area contributed by atoms with E-state index in [-0.39, 0.29) is 17.0 Å². The van der Waals surface area contributed by atoms with Gasteiger partial charge >= 0.3 is 0 Å². The third-order valence-electron chi connectivity index (χ3n) is 4.21. The summed E-state index contributed by atoms with van der Waals surface area (Å²) in [5.41, 5.74) is 5.77. The Hall–Kier alpha value is -1.11. The predicted molar refractivity (Wildman–Crippen MR) is 80.6 cm³/mol. The van der Waals surface area contributed by atoms with E-state index >= 15 is 0 Å². The maximum atomic E-state index is 12.4. The molecular formula is C15H22N2O3S. The Morgan fingerprint density at radius 1 is 1.19 bits per heavy atom. The monoisotopic (exact) mass is 310 g/mol. The van der Waals surface area contributed by atoms with Gasteiger partial charge in [-0.15, -0.1) is 0 Å². The Bertz CT molecular complexity index is 599. The molecule has 3 N–H and O–H groups in total. The first-order chi connectivity index (χ1) is 10.1. The van der Waals surface area contributed by atoms with E-state index in [0.717, 1.165) is 32.1 Å². The minimum atomic E-state index is -3.50. The lowest BCUT2D eigenvalue weighted by atomic mass is 10.1. The number of hydrogen-bond acceptors (Lipinski definition) is 4. The zero-order valence-corrected chi connectivity index (χ0v) is 12.8. The Morgan fingerprint density at radius 2 is 1.95 bits per heavy atom. The van der Waals surface area contributed by atoms with Gasteiger partial charge < -0.3 is 10.5 Å². The number of nitrogens with two attached hydrogens (primary N) is 1. The second kappa shape index (κ2) is 5.94. The number of rotatable bonds is 6. The van der Waals surface area contributed by atoms with Crippen molar-refractivity contribution in [2.45, 2.75) is 49.1 Å². The van der Waals surface area contributed by atoms with Crippen LogP contribution < -0.4 is 15.2 Å². The van der Waals surface area contributed by atoms with Gasteiger partial charge in [-0.25, -0.2) is 13.1 Å². The molecule has 2 unspecified atom stereocenters. The lowest BCUT2D eigenvalue weighted by Gasteiger charge is -2.21. The van der Waals surface area contributed by atoms with Crippen LogP contribution in [0.1, 0.15) is 32.1 Å². The van der Waals surface area contributed by atoms with Crippen molar-refractivity contribution in [2.24, 2.45) is 11.7 Å². The molecule has 0 heterocycles. The molecule has 3 rings (SSSR count). The van der Waals surface area contributed by atoms with E-state index in [9.17, 15) is 8.42 Å². The fraction of sp³-hybridized carbons (Fsp3) is 0.600.